The molecule has 0 heterocycles. The van der Waals surface area contributed by atoms with Gasteiger partial charge in [-0.3, -0.25) is 0 Å². The molecule has 18 heavy (non-hydrogen) atoms. The van der Waals surface area contributed by atoms with Crippen LogP contribution in [0.2, 0.25) is 0 Å². The van der Waals surface area contributed by atoms with Gasteiger partial charge in [0.1, 0.15) is 17.4 Å². The minimum Gasteiger partial charge on any atom is -0.398 e. The van der Waals surface area contributed by atoms with Crippen LogP contribution in [0, 0.1) is 17.1 Å². The third-order valence-corrected chi connectivity index (χ3v) is 2.65. The van der Waals surface area contributed by atoms with Crippen molar-refractivity contribution in [2.45, 2.75) is 6.54 Å². The van der Waals surface area contributed by atoms with E-state index in [1.807, 2.05) is 24.3 Å². The molecule has 0 fully saturated rings. The number of nitriles is 1. The highest BCUT2D eigenvalue weighted by atomic mass is 19.1. The molecule has 3 nitrogen and oxygen atoms in total. The Hall–Kier alpha value is -2.54. The van der Waals surface area contributed by atoms with Gasteiger partial charge in [0.25, 0.3) is 0 Å². The number of nitrogens with two attached hydrogens (primary N) is 1. The molecule has 0 aliphatic carbocycles. The molecular formula is C14H12FN3. The van der Waals surface area contributed by atoms with E-state index in [-0.39, 0.29) is 5.56 Å². The van der Waals surface area contributed by atoms with Gasteiger partial charge in [0, 0.05) is 12.2 Å². The van der Waals surface area contributed by atoms with Gasteiger partial charge in [-0.25, -0.2) is 4.39 Å². The second-order valence-electron chi connectivity index (χ2n) is 3.83. The zero-order valence-corrected chi connectivity index (χ0v) is 9.65. The normalized spacial score (nSPS) is 9.78. The zero-order valence-electron chi connectivity index (χ0n) is 9.65. The van der Waals surface area contributed by atoms with Crippen LogP contribution in [0.1, 0.15) is 11.1 Å². The van der Waals surface area contributed by atoms with E-state index in [0.717, 1.165) is 5.56 Å². The van der Waals surface area contributed by atoms with E-state index in [0.29, 0.717) is 17.9 Å². The van der Waals surface area contributed by atoms with Crippen LogP contribution in [0.25, 0.3) is 0 Å². The molecule has 2 rings (SSSR count). The fourth-order valence-corrected chi connectivity index (χ4v) is 1.67. The van der Waals surface area contributed by atoms with Crippen molar-refractivity contribution in [3.8, 4) is 6.07 Å². The number of para-hydroxylation sites is 1. The monoisotopic (exact) mass is 241 g/mol. The Morgan fingerprint density at radius 1 is 1.17 bits per heavy atom. The number of nitrogens with one attached hydrogen (secondary N) is 1. The summed E-state index contributed by atoms with van der Waals surface area (Å²) in [7, 11) is 0. The molecule has 0 aliphatic rings. The number of hydrogen-bond donors (Lipinski definition) is 2. The lowest BCUT2D eigenvalue weighted by molar-refractivity contribution is 0.624. The predicted molar refractivity (Wildman–Crippen MR) is 69.3 cm³/mol. The zero-order chi connectivity index (χ0) is 13.0. The van der Waals surface area contributed by atoms with Crippen LogP contribution >= 0.6 is 0 Å². The van der Waals surface area contributed by atoms with Crippen LogP contribution < -0.4 is 11.1 Å². The number of nitrogen functional groups attached to an aromatic ring is 1. The third-order valence-electron chi connectivity index (χ3n) is 2.65. The number of halogens is 1. The summed E-state index contributed by atoms with van der Waals surface area (Å²) in [4.78, 5) is 0. The van der Waals surface area contributed by atoms with Gasteiger partial charge < -0.3 is 11.1 Å². The molecule has 0 amide bonds. The Kier molecular flexibility index (Phi) is 3.44. The molecule has 0 saturated heterocycles. The highest BCUT2D eigenvalue weighted by Crippen LogP contribution is 2.19. The summed E-state index contributed by atoms with van der Waals surface area (Å²) < 4.78 is 13.4. The summed E-state index contributed by atoms with van der Waals surface area (Å²) >= 11 is 0. The molecule has 4 heteroatoms. The molecule has 0 atom stereocenters. The first-order valence-corrected chi connectivity index (χ1v) is 5.48. The van der Waals surface area contributed by atoms with E-state index in [9.17, 15) is 4.39 Å². The molecule has 0 aromatic heterocycles. The summed E-state index contributed by atoms with van der Waals surface area (Å²) in [6, 6.07) is 13.8. The summed E-state index contributed by atoms with van der Waals surface area (Å²) in [5.74, 6) is -0.525. The van der Waals surface area contributed by atoms with E-state index >= 15 is 0 Å². The highest BCUT2D eigenvalue weighted by Gasteiger charge is 2.07. The first-order chi connectivity index (χ1) is 8.72. The van der Waals surface area contributed by atoms with Gasteiger partial charge in [0.2, 0.25) is 0 Å². The smallest absolute Gasteiger partial charge is 0.143 e. The quantitative estimate of drug-likeness (QED) is 0.812. The number of rotatable bonds is 3. The molecule has 0 spiro atoms. The standard InChI is InChI=1S/C14H12FN3/c15-12-5-3-7-14(11(12)8-16)18-9-10-4-1-2-6-13(10)17/h1-7,18H,9,17H2. The molecule has 2 aromatic rings. The summed E-state index contributed by atoms with van der Waals surface area (Å²) in [5.41, 5.74) is 7.87. The fraction of sp³-hybridized carbons (Fsp3) is 0.0714. The largest absolute Gasteiger partial charge is 0.398 e. The van der Waals surface area contributed by atoms with Gasteiger partial charge in [0.05, 0.1) is 5.69 Å². The number of hydrogen-bond acceptors (Lipinski definition) is 3. The number of benzene rings is 2. The maximum Gasteiger partial charge on any atom is 0.143 e. The average molecular weight is 241 g/mol. The minimum atomic E-state index is -0.525. The summed E-state index contributed by atoms with van der Waals surface area (Å²) in [6.45, 7) is 0.449. The first kappa shape index (κ1) is 11.9. The SMILES string of the molecule is N#Cc1c(F)cccc1NCc1ccccc1N. The van der Waals surface area contributed by atoms with Gasteiger partial charge in [0.15, 0.2) is 0 Å². The molecule has 0 bridgehead atoms. The Balaban J connectivity index is 2.19. The maximum absolute atomic E-state index is 13.4. The van der Waals surface area contributed by atoms with Crippen LogP contribution in [0.4, 0.5) is 15.8 Å². The van der Waals surface area contributed by atoms with Crippen molar-refractivity contribution in [3.63, 3.8) is 0 Å². The lowest BCUT2D eigenvalue weighted by Gasteiger charge is -2.10. The van der Waals surface area contributed by atoms with E-state index < -0.39 is 5.82 Å². The highest BCUT2D eigenvalue weighted by molar-refractivity contribution is 5.59. The Morgan fingerprint density at radius 2 is 1.94 bits per heavy atom. The van der Waals surface area contributed by atoms with E-state index in [1.165, 1.54) is 6.07 Å². The van der Waals surface area contributed by atoms with Crippen molar-refractivity contribution in [1.29, 1.82) is 5.26 Å². The summed E-state index contributed by atoms with van der Waals surface area (Å²) in [5, 5.41) is 11.9. The van der Waals surface area contributed by atoms with Crippen molar-refractivity contribution in [2.75, 3.05) is 11.1 Å². The second-order valence-corrected chi connectivity index (χ2v) is 3.83. The molecular weight excluding hydrogens is 229 g/mol. The van der Waals surface area contributed by atoms with E-state index in [2.05, 4.69) is 5.32 Å². The van der Waals surface area contributed by atoms with Crippen LogP contribution in [0.3, 0.4) is 0 Å². The topological polar surface area (TPSA) is 61.8 Å². The molecule has 3 N–H and O–H groups in total. The van der Waals surface area contributed by atoms with Gasteiger partial charge >= 0.3 is 0 Å². The Morgan fingerprint density at radius 3 is 2.67 bits per heavy atom. The van der Waals surface area contributed by atoms with Crippen molar-refractivity contribution < 1.29 is 4.39 Å². The number of nitrogens with zero attached hydrogens (tertiary/aromatic N) is 1. The lowest BCUT2D eigenvalue weighted by atomic mass is 10.1. The predicted octanol–water partition coefficient (Wildman–Crippen LogP) is 2.89. The third kappa shape index (κ3) is 2.41. The van der Waals surface area contributed by atoms with Crippen LogP contribution in [0.5, 0.6) is 0 Å². The first-order valence-electron chi connectivity index (χ1n) is 5.48. The van der Waals surface area contributed by atoms with Crippen LogP contribution in [-0.4, -0.2) is 0 Å². The van der Waals surface area contributed by atoms with Crippen molar-refractivity contribution in [1.82, 2.24) is 0 Å². The Bertz CT molecular complexity index is 602. The second kappa shape index (κ2) is 5.19. The Labute approximate surface area is 105 Å². The molecule has 0 radical (unpaired) electrons. The molecule has 90 valence electrons. The molecule has 0 saturated carbocycles. The molecule has 0 aliphatic heterocycles. The van der Waals surface area contributed by atoms with Crippen LogP contribution in [0.15, 0.2) is 42.5 Å². The molecule has 2 aromatic carbocycles. The van der Waals surface area contributed by atoms with E-state index in [1.54, 1.807) is 18.2 Å². The van der Waals surface area contributed by atoms with Crippen molar-refractivity contribution >= 4 is 11.4 Å². The summed E-state index contributed by atoms with van der Waals surface area (Å²) in [6.07, 6.45) is 0. The van der Waals surface area contributed by atoms with Gasteiger partial charge in [-0.2, -0.15) is 5.26 Å². The van der Waals surface area contributed by atoms with Crippen LogP contribution in [-0.2, 0) is 6.54 Å². The van der Waals surface area contributed by atoms with Gasteiger partial charge in [-0.1, -0.05) is 24.3 Å². The minimum absolute atomic E-state index is 0.0204. The van der Waals surface area contributed by atoms with E-state index in [4.69, 9.17) is 11.0 Å². The number of anilines is 2. The van der Waals surface area contributed by atoms with Crippen molar-refractivity contribution in [3.05, 3.63) is 59.4 Å². The van der Waals surface area contributed by atoms with Gasteiger partial charge in [-0.15, -0.1) is 0 Å². The fourth-order valence-electron chi connectivity index (χ4n) is 1.67. The lowest BCUT2D eigenvalue weighted by Crippen LogP contribution is -2.04. The average Bonchev–Trinajstić information content (AvgIpc) is 2.38. The molecule has 0 unspecified atom stereocenters. The van der Waals surface area contributed by atoms with Gasteiger partial charge in [-0.05, 0) is 23.8 Å². The van der Waals surface area contributed by atoms with Crippen molar-refractivity contribution in [2.24, 2.45) is 0 Å². The maximum atomic E-state index is 13.4.